The molecular formula is C17H32N2O. The first-order valence-corrected chi connectivity index (χ1v) is 8.45. The minimum atomic E-state index is 0.269. The Balaban J connectivity index is 1.69. The van der Waals surface area contributed by atoms with Crippen molar-refractivity contribution in [3.63, 3.8) is 0 Å². The van der Waals surface area contributed by atoms with Crippen molar-refractivity contribution >= 4 is 5.91 Å². The highest BCUT2D eigenvalue weighted by molar-refractivity contribution is 5.78. The highest BCUT2D eigenvalue weighted by Crippen LogP contribution is 2.39. The molecule has 2 N–H and O–H groups in total. The summed E-state index contributed by atoms with van der Waals surface area (Å²) in [6, 6.07) is 0. The van der Waals surface area contributed by atoms with Gasteiger partial charge in [0.1, 0.15) is 0 Å². The standard InChI is InChI=1S/C17H32N2O/c1-17(2,3)15-8-6-14(7-9-15)16(20)19-12-13-5-4-10-18-11-13/h13-15,18H,4-12H2,1-3H3,(H,19,20). The summed E-state index contributed by atoms with van der Waals surface area (Å²) in [6.45, 7) is 10.1. The SMILES string of the molecule is CC(C)(C)C1CCC(C(=O)NCC2CCCNC2)CC1. The van der Waals surface area contributed by atoms with Crippen LogP contribution in [0.25, 0.3) is 0 Å². The van der Waals surface area contributed by atoms with E-state index in [4.69, 9.17) is 0 Å². The molecule has 3 nitrogen and oxygen atoms in total. The number of hydrogen-bond donors (Lipinski definition) is 2. The lowest BCUT2D eigenvalue weighted by molar-refractivity contribution is -0.126. The van der Waals surface area contributed by atoms with E-state index >= 15 is 0 Å². The van der Waals surface area contributed by atoms with E-state index < -0.39 is 0 Å². The molecule has 2 rings (SSSR count). The molecule has 2 fully saturated rings. The first kappa shape index (κ1) is 15.8. The highest BCUT2D eigenvalue weighted by atomic mass is 16.1. The van der Waals surface area contributed by atoms with Crippen LogP contribution in [-0.4, -0.2) is 25.5 Å². The number of amides is 1. The zero-order valence-corrected chi connectivity index (χ0v) is 13.5. The first-order chi connectivity index (χ1) is 9.47. The normalized spacial score (nSPS) is 31.9. The Morgan fingerprint density at radius 3 is 2.40 bits per heavy atom. The summed E-state index contributed by atoms with van der Waals surface area (Å²) in [7, 11) is 0. The van der Waals surface area contributed by atoms with Crippen molar-refractivity contribution in [2.45, 2.75) is 59.3 Å². The van der Waals surface area contributed by atoms with Gasteiger partial charge in [0.15, 0.2) is 0 Å². The van der Waals surface area contributed by atoms with E-state index in [0.29, 0.717) is 17.2 Å². The van der Waals surface area contributed by atoms with Gasteiger partial charge in [-0.3, -0.25) is 4.79 Å². The Bertz CT molecular complexity index is 307. The molecule has 0 aromatic heterocycles. The summed E-state index contributed by atoms with van der Waals surface area (Å²) in [4.78, 5) is 12.3. The molecule has 1 atom stereocenters. The Kier molecular flexibility index (Phi) is 5.48. The molecular weight excluding hydrogens is 248 g/mol. The van der Waals surface area contributed by atoms with Crippen LogP contribution in [0.4, 0.5) is 0 Å². The molecule has 2 aliphatic rings. The van der Waals surface area contributed by atoms with Gasteiger partial charge < -0.3 is 10.6 Å². The van der Waals surface area contributed by atoms with E-state index in [9.17, 15) is 4.79 Å². The average Bonchev–Trinajstić information content (AvgIpc) is 2.45. The second kappa shape index (κ2) is 6.93. The van der Waals surface area contributed by atoms with Crippen molar-refractivity contribution in [1.82, 2.24) is 10.6 Å². The lowest BCUT2D eigenvalue weighted by Crippen LogP contribution is -2.41. The van der Waals surface area contributed by atoms with E-state index in [-0.39, 0.29) is 5.92 Å². The predicted octanol–water partition coefficient (Wildman–Crippen LogP) is 2.95. The maximum atomic E-state index is 12.3. The summed E-state index contributed by atoms with van der Waals surface area (Å²) in [5, 5.41) is 6.61. The molecule has 1 heterocycles. The summed E-state index contributed by atoms with van der Waals surface area (Å²) < 4.78 is 0. The Hall–Kier alpha value is -0.570. The van der Waals surface area contributed by atoms with Crippen molar-refractivity contribution in [3.05, 3.63) is 0 Å². The molecule has 3 heteroatoms. The van der Waals surface area contributed by atoms with Crippen LogP contribution in [0.3, 0.4) is 0 Å². The lowest BCUT2D eigenvalue weighted by atomic mass is 9.69. The third kappa shape index (κ3) is 4.47. The van der Waals surface area contributed by atoms with Crippen LogP contribution in [0.1, 0.15) is 59.3 Å². The fourth-order valence-corrected chi connectivity index (χ4v) is 3.71. The minimum absolute atomic E-state index is 0.269. The number of nitrogens with one attached hydrogen (secondary N) is 2. The van der Waals surface area contributed by atoms with Crippen molar-refractivity contribution in [3.8, 4) is 0 Å². The first-order valence-electron chi connectivity index (χ1n) is 8.45. The van der Waals surface area contributed by atoms with Gasteiger partial charge in [0, 0.05) is 12.5 Å². The molecule has 1 amide bonds. The van der Waals surface area contributed by atoms with Gasteiger partial charge in [-0.05, 0) is 68.9 Å². The molecule has 0 bridgehead atoms. The molecule has 0 aromatic rings. The van der Waals surface area contributed by atoms with E-state index in [1.807, 2.05) is 0 Å². The maximum Gasteiger partial charge on any atom is 0.223 e. The maximum absolute atomic E-state index is 12.3. The highest BCUT2D eigenvalue weighted by Gasteiger charge is 2.32. The van der Waals surface area contributed by atoms with Crippen LogP contribution in [0.5, 0.6) is 0 Å². The number of rotatable bonds is 3. The molecule has 0 radical (unpaired) electrons. The molecule has 1 unspecified atom stereocenters. The minimum Gasteiger partial charge on any atom is -0.356 e. The lowest BCUT2D eigenvalue weighted by Gasteiger charge is -2.36. The summed E-state index contributed by atoms with van der Waals surface area (Å²) in [5.74, 6) is 2.00. The zero-order chi connectivity index (χ0) is 14.6. The van der Waals surface area contributed by atoms with E-state index in [1.165, 1.54) is 25.7 Å². The van der Waals surface area contributed by atoms with E-state index in [2.05, 4.69) is 31.4 Å². The molecule has 1 aliphatic heterocycles. The van der Waals surface area contributed by atoms with Gasteiger partial charge in [-0.25, -0.2) is 0 Å². The van der Waals surface area contributed by atoms with Gasteiger partial charge in [0.05, 0.1) is 0 Å². The van der Waals surface area contributed by atoms with E-state index in [1.54, 1.807) is 0 Å². The molecule has 116 valence electrons. The third-order valence-corrected chi connectivity index (χ3v) is 5.29. The Morgan fingerprint density at radius 2 is 1.85 bits per heavy atom. The van der Waals surface area contributed by atoms with Crippen molar-refractivity contribution in [2.75, 3.05) is 19.6 Å². The molecule has 1 aliphatic carbocycles. The average molecular weight is 280 g/mol. The number of piperidine rings is 1. The number of hydrogen-bond acceptors (Lipinski definition) is 2. The van der Waals surface area contributed by atoms with Crippen LogP contribution in [-0.2, 0) is 4.79 Å². The Labute approximate surface area is 124 Å². The topological polar surface area (TPSA) is 41.1 Å². The number of carbonyl (C=O) groups is 1. The van der Waals surface area contributed by atoms with Crippen LogP contribution in [0, 0.1) is 23.2 Å². The van der Waals surface area contributed by atoms with Gasteiger partial charge in [0.2, 0.25) is 5.91 Å². The number of carbonyl (C=O) groups excluding carboxylic acids is 1. The van der Waals surface area contributed by atoms with Gasteiger partial charge in [-0.1, -0.05) is 20.8 Å². The van der Waals surface area contributed by atoms with Crippen LogP contribution in [0.15, 0.2) is 0 Å². The summed E-state index contributed by atoms with van der Waals surface area (Å²) >= 11 is 0. The van der Waals surface area contributed by atoms with Crippen LogP contribution < -0.4 is 10.6 Å². The third-order valence-electron chi connectivity index (χ3n) is 5.29. The van der Waals surface area contributed by atoms with Gasteiger partial charge in [-0.15, -0.1) is 0 Å². The summed E-state index contributed by atoms with van der Waals surface area (Å²) in [6.07, 6.45) is 7.09. The Morgan fingerprint density at radius 1 is 1.15 bits per heavy atom. The fraction of sp³-hybridized carbons (Fsp3) is 0.941. The monoisotopic (exact) mass is 280 g/mol. The van der Waals surface area contributed by atoms with Crippen molar-refractivity contribution in [2.24, 2.45) is 23.2 Å². The van der Waals surface area contributed by atoms with Gasteiger partial charge in [-0.2, -0.15) is 0 Å². The zero-order valence-electron chi connectivity index (χ0n) is 13.5. The second-order valence-corrected chi connectivity index (χ2v) is 7.87. The molecule has 0 aromatic carbocycles. The predicted molar refractivity (Wildman–Crippen MR) is 83.5 cm³/mol. The van der Waals surface area contributed by atoms with Gasteiger partial charge >= 0.3 is 0 Å². The quantitative estimate of drug-likeness (QED) is 0.834. The summed E-state index contributed by atoms with van der Waals surface area (Å²) in [5.41, 5.74) is 0.398. The van der Waals surface area contributed by atoms with Crippen molar-refractivity contribution in [1.29, 1.82) is 0 Å². The molecule has 1 saturated carbocycles. The van der Waals surface area contributed by atoms with E-state index in [0.717, 1.165) is 38.4 Å². The molecule has 0 spiro atoms. The second-order valence-electron chi connectivity index (χ2n) is 7.87. The van der Waals surface area contributed by atoms with Crippen LogP contribution >= 0.6 is 0 Å². The van der Waals surface area contributed by atoms with Gasteiger partial charge in [0.25, 0.3) is 0 Å². The molecule has 1 saturated heterocycles. The van der Waals surface area contributed by atoms with Crippen LogP contribution in [0.2, 0.25) is 0 Å². The van der Waals surface area contributed by atoms with Crippen molar-refractivity contribution < 1.29 is 4.79 Å². The molecule has 20 heavy (non-hydrogen) atoms. The smallest absolute Gasteiger partial charge is 0.223 e. The fourth-order valence-electron chi connectivity index (χ4n) is 3.71. The largest absolute Gasteiger partial charge is 0.356 e.